The number of β-amino-alcohol motifs (C(OH)–C–C–N with tert-alkyl or cyclic N) is 1. The first kappa shape index (κ1) is 14.5. The second kappa shape index (κ2) is 5.81. The van der Waals surface area contributed by atoms with Gasteiger partial charge in [-0.2, -0.15) is 0 Å². The molecule has 5 nitrogen and oxygen atoms in total. The third kappa shape index (κ3) is 2.55. The van der Waals surface area contributed by atoms with Gasteiger partial charge in [-0.3, -0.25) is 4.79 Å². The van der Waals surface area contributed by atoms with Crippen LogP contribution in [-0.4, -0.2) is 38.5 Å². The number of aliphatic hydroxyl groups is 1. The quantitative estimate of drug-likeness (QED) is 0.893. The molecule has 2 heterocycles. The third-order valence-corrected chi connectivity index (χ3v) is 5.05. The molecule has 23 heavy (non-hydrogen) atoms. The van der Waals surface area contributed by atoms with E-state index in [1.54, 1.807) is 6.33 Å². The van der Waals surface area contributed by atoms with E-state index in [-0.39, 0.29) is 17.9 Å². The molecule has 3 unspecified atom stereocenters. The van der Waals surface area contributed by atoms with Gasteiger partial charge < -0.3 is 15.0 Å². The maximum Gasteiger partial charge on any atom is 0.232 e. The molecule has 2 N–H and O–H groups in total. The van der Waals surface area contributed by atoms with Crippen LogP contribution in [0.3, 0.4) is 0 Å². The molecular formula is C18H21N3O2. The number of amides is 1. The number of carbonyl (C=O) groups excluding carboxylic acids is 1. The monoisotopic (exact) mass is 311 g/mol. The molecule has 0 bridgehead atoms. The van der Waals surface area contributed by atoms with Crippen LogP contribution in [0.25, 0.3) is 0 Å². The largest absolute Gasteiger partial charge is 0.391 e. The molecule has 1 fully saturated rings. The van der Waals surface area contributed by atoms with Crippen LogP contribution in [0.4, 0.5) is 0 Å². The normalized spacial score (nSPS) is 27.0. The van der Waals surface area contributed by atoms with Crippen molar-refractivity contribution in [3.05, 3.63) is 53.6 Å². The fourth-order valence-corrected chi connectivity index (χ4v) is 3.94. The summed E-state index contributed by atoms with van der Waals surface area (Å²) in [5.74, 6) is -0.0787. The Labute approximate surface area is 135 Å². The summed E-state index contributed by atoms with van der Waals surface area (Å²) in [6.45, 7) is 0.411. The maximum absolute atomic E-state index is 13.2. The zero-order chi connectivity index (χ0) is 15.8. The van der Waals surface area contributed by atoms with Crippen molar-refractivity contribution >= 4 is 5.91 Å². The molecule has 4 rings (SSSR count). The van der Waals surface area contributed by atoms with Crippen molar-refractivity contribution in [3.63, 3.8) is 0 Å². The van der Waals surface area contributed by atoms with E-state index >= 15 is 0 Å². The number of aryl methyl sites for hydroxylation is 1. The summed E-state index contributed by atoms with van der Waals surface area (Å²) in [6, 6.07) is 9.96. The smallest absolute Gasteiger partial charge is 0.232 e. The molecule has 2 aliphatic rings. The van der Waals surface area contributed by atoms with Crippen LogP contribution in [0, 0.1) is 0 Å². The Morgan fingerprint density at radius 2 is 2.13 bits per heavy atom. The van der Waals surface area contributed by atoms with Gasteiger partial charge in [0.25, 0.3) is 0 Å². The number of nitrogens with one attached hydrogen (secondary N) is 1. The summed E-state index contributed by atoms with van der Waals surface area (Å²) in [4.78, 5) is 22.5. The second-order valence-corrected chi connectivity index (χ2v) is 6.52. The van der Waals surface area contributed by atoms with Gasteiger partial charge in [0.05, 0.1) is 30.1 Å². The first-order valence-corrected chi connectivity index (χ1v) is 8.29. The number of nitrogens with zero attached hydrogens (tertiary/aromatic N) is 2. The van der Waals surface area contributed by atoms with Gasteiger partial charge in [-0.1, -0.05) is 30.3 Å². The molecule has 3 atom stereocenters. The van der Waals surface area contributed by atoms with Crippen molar-refractivity contribution in [2.24, 2.45) is 0 Å². The Kier molecular flexibility index (Phi) is 3.65. The first-order chi connectivity index (χ1) is 11.2. The number of hydrogen-bond donors (Lipinski definition) is 2. The number of fused-ring (bicyclic) bond motifs is 1. The highest BCUT2D eigenvalue weighted by Crippen LogP contribution is 2.37. The molecular weight excluding hydrogens is 290 g/mol. The summed E-state index contributed by atoms with van der Waals surface area (Å²) in [5.41, 5.74) is 3.08. The van der Waals surface area contributed by atoms with Gasteiger partial charge in [0, 0.05) is 12.2 Å². The Morgan fingerprint density at radius 3 is 2.96 bits per heavy atom. The Balaban J connectivity index is 1.63. The summed E-state index contributed by atoms with van der Waals surface area (Å²) < 4.78 is 0. The van der Waals surface area contributed by atoms with Crippen molar-refractivity contribution in [3.8, 4) is 0 Å². The molecule has 120 valence electrons. The van der Waals surface area contributed by atoms with Crippen molar-refractivity contribution in [2.45, 2.75) is 43.7 Å². The van der Waals surface area contributed by atoms with Gasteiger partial charge in [0.1, 0.15) is 0 Å². The molecule has 1 aliphatic carbocycles. The topological polar surface area (TPSA) is 69.2 Å². The van der Waals surface area contributed by atoms with Gasteiger partial charge in [-0.25, -0.2) is 4.98 Å². The van der Waals surface area contributed by atoms with Crippen molar-refractivity contribution in [1.82, 2.24) is 14.9 Å². The van der Waals surface area contributed by atoms with Gasteiger partial charge in [-0.15, -0.1) is 0 Å². The molecule has 1 saturated heterocycles. The van der Waals surface area contributed by atoms with Crippen LogP contribution in [0.1, 0.15) is 48.2 Å². The van der Waals surface area contributed by atoms with Crippen LogP contribution in [-0.2, 0) is 11.2 Å². The number of hydrogen-bond acceptors (Lipinski definition) is 3. The lowest BCUT2D eigenvalue weighted by Crippen LogP contribution is -2.37. The minimum Gasteiger partial charge on any atom is -0.391 e. The summed E-state index contributed by atoms with van der Waals surface area (Å²) >= 11 is 0. The molecule has 0 spiro atoms. The van der Waals surface area contributed by atoms with Gasteiger partial charge in [0.15, 0.2) is 0 Å². The molecule has 1 amide bonds. The lowest BCUT2D eigenvalue weighted by molar-refractivity contribution is -0.134. The van der Waals surface area contributed by atoms with E-state index in [9.17, 15) is 9.90 Å². The molecule has 0 radical (unpaired) electrons. The van der Waals surface area contributed by atoms with E-state index < -0.39 is 6.10 Å². The molecule has 0 saturated carbocycles. The van der Waals surface area contributed by atoms with E-state index in [1.807, 2.05) is 35.2 Å². The predicted octanol–water partition coefficient (Wildman–Crippen LogP) is 2.16. The van der Waals surface area contributed by atoms with Crippen molar-refractivity contribution in [2.75, 3.05) is 6.54 Å². The molecule has 2 aromatic rings. The Hall–Kier alpha value is -2.14. The summed E-state index contributed by atoms with van der Waals surface area (Å²) in [5, 5.41) is 10.1. The number of aliphatic hydroxyl groups excluding tert-OH is 1. The molecule has 5 heteroatoms. The van der Waals surface area contributed by atoms with Gasteiger partial charge >= 0.3 is 0 Å². The summed E-state index contributed by atoms with van der Waals surface area (Å²) in [6.07, 6.45) is 4.64. The number of carbonyl (C=O) groups is 1. The second-order valence-electron chi connectivity index (χ2n) is 6.52. The lowest BCUT2D eigenvalue weighted by atomic mass is 9.88. The van der Waals surface area contributed by atoms with E-state index in [0.717, 1.165) is 36.2 Å². The minimum absolute atomic E-state index is 0.0389. The average molecular weight is 311 g/mol. The number of H-pyrrole nitrogens is 1. The third-order valence-electron chi connectivity index (χ3n) is 5.05. The number of likely N-dealkylation sites (tertiary alicyclic amines) is 1. The van der Waals surface area contributed by atoms with Gasteiger partial charge in [0.2, 0.25) is 5.91 Å². The first-order valence-electron chi connectivity index (χ1n) is 8.29. The number of rotatable bonds is 2. The predicted molar refractivity (Wildman–Crippen MR) is 85.8 cm³/mol. The number of aromatic amines is 1. The van der Waals surface area contributed by atoms with Crippen LogP contribution in [0.5, 0.6) is 0 Å². The maximum atomic E-state index is 13.2. The van der Waals surface area contributed by atoms with E-state index in [1.165, 1.54) is 0 Å². The highest BCUT2D eigenvalue weighted by molar-refractivity contribution is 5.84. The average Bonchev–Trinajstić information content (AvgIpc) is 3.21. The SMILES string of the molecule is O=C(C1CCCc2[nH]cnc21)N1CC(O)CC1c1ccccc1. The fourth-order valence-electron chi connectivity index (χ4n) is 3.94. The van der Waals surface area contributed by atoms with E-state index in [4.69, 9.17) is 0 Å². The Morgan fingerprint density at radius 1 is 1.30 bits per heavy atom. The number of aromatic nitrogens is 2. The summed E-state index contributed by atoms with van der Waals surface area (Å²) in [7, 11) is 0. The number of imidazole rings is 1. The fraction of sp³-hybridized carbons (Fsp3) is 0.444. The highest BCUT2D eigenvalue weighted by atomic mass is 16.3. The van der Waals surface area contributed by atoms with Crippen LogP contribution in [0.15, 0.2) is 36.7 Å². The molecule has 1 aromatic carbocycles. The van der Waals surface area contributed by atoms with E-state index in [0.29, 0.717) is 13.0 Å². The molecule has 1 aromatic heterocycles. The van der Waals surface area contributed by atoms with Crippen LogP contribution in [0.2, 0.25) is 0 Å². The Bertz CT molecular complexity index is 697. The van der Waals surface area contributed by atoms with Crippen molar-refractivity contribution < 1.29 is 9.90 Å². The standard InChI is InChI=1S/C18H21N3O2/c22-13-9-16(12-5-2-1-3-6-12)21(10-13)18(23)14-7-4-8-15-17(14)20-11-19-15/h1-3,5-6,11,13-14,16,22H,4,7-10H2,(H,19,20). The van der Waals surface area contributed by atoms with Crippen LogP contribution < -0.4 is 0 Å². The zero-order valence-corrected chi connectivity index (χ0v) is 13.0. The highest BCUT2D eigenvalue weighted by Gasteiger charge is 2.40. The zero-order valence-electron chi connectivity index (χ0n) is 13.0. The van der Waals surface area contributed by atoms with Crippen LogP contribution >= 0.6 is 0 Å². The molecule has 1 aliphatic heterocycles. The minimum atomic E-state index is -0.452. The van der Waals surface area contributed by atoms with E-state index in [2.05, 4.69) is 9.97 Å². The van der Waals surface area contributed by atoms with Crippen molar-refractivity contribution in [1.29, 1.82) is 0 Å². The lowest BCUT2D eigenvalue weighted by Gasteiger charge is -2.30. The number of benzene rings is 1. The van der Waals surface area contributed by atoms with Gasteiger partial charge in [-0.05, 0) is 31.2 Å².